The van der Waals surface area contributed by atoms with Crippen molar-refractivity contribution in [1.82, 2.24) is 9.97 Å². The Kier molecular flexibility index (Phi) is 3.29. The van der Waals surface area contributed by atoms with Gasteiger partial charge in [0.05, 0.1) is 10.9 Å². The summed E-state index contributed by atoms with van der Waals surface area (Å²) < 4.78 is 5.95. The summed E-state index contributed by atoms with van der Waals surface area (Å²) in [6.45, 7) is 0. The monoisotopic (exact) mass is 307 g/mol. The second-order valence-electron chi connectivity index (χ2n) is 4.98. The molecule has 0 saturated carbocycles. The zero-order valence-corrected chi connectivity index (χ0v) is 12.5. The van der Waals surface area contributed by atoms with Gasteiger partial charge in [-0.1, -0.05) is 17.8 Å². The standard InChI is InChI=1S/C17H13N3OS/c18-16(11-5-8-19-9-6-11)12-3-4-15-14(10-12)21-13-2-1-7-20-17(13)22-15/h1-10,16H,18H2. The van der Waals surface area contributed by atoms with Gasteiger partial charge in [-0.25, -0.2) is 4.98 Å². The summed E-state index contributed by atoms with van der Waals surface area (Å²) >= 11 is 1.61. The lowest BCUT2D eigenvalue weighted by molar-refractivity contribution is 0.448. The molecule has 0 fully saturated rings. The van der Waals surface area contributed by atoms with E-state index < -0.39 is 0 Å². The predicted octanol–water partition coefficient (Wildman–Crippen LogP) is 3.78. The number of benzene rings is 1. The summed E-state index contributed by atoms with van der Waals surface area (Å²) in [7, 11) is 0. The first-order valence-electron chi connectivity index (χ1n) is 6.91. The van der Waals surface area contributed by atoms with Crippen LogP contribution < -0.4 is 10.5 Å². The molecular weight excluding hydrogens is 294 g/mol. The molecule has 0 amide bonds. The number of nitrogens with two attached hydrogens (primary N) is 1. The smallest absolute Gasteiger partial charge is 0.160 e. The molecule has 5 heteroatoms. The van der Waals surface area contributed by atoms with Crippen molar-refractivity contribution >= 4 is 11.8 Å². The fourth-order valence-corrected chi connectivity index (χ4v) is 3.27. The molecule has 108 valence electrons. The van der Waals surface area contributed by atoms with Crippen molar-refractivity contribution in [3.05, 3.63) is 72.2 Å². The summed E-state index contributed by atoms with van der Waals surface area (Å²) in [5, 5.41) is 0.890. The largest absolute Gasteiger partial charge is 0.453 e. The van der Waals surface area contributed by atoms with Gasteiger partial charge in [0.2, 0.25) is 0 Å². The highest BCUT2D eigenvalue weighted by Crippen LogP contribution is 2.46. The van der Waals surface area contributed by atoms with Gasteiger partial charge in [-0.05, 0) is 47.5 Å². The van der Waals surface area contributed by atoms with Crippen LogP contribution in [0.1, 0.15) is 17.2 Å². The van der Waals surface area contributed by atoms with Crippen LogP contribution in [0.4, 0.5) is 0 Å². The highest BCUT2D eigenvalue weighted by atomic mass is 32.2. The molecule has 3 aromatic rings. The van der Waals surface area contributed by atoms with E-state index in [2.05, 4.69) is 9.97 Å². The highest BCUT2D eigenvalue weighted by Gasteiger charge is 2.20. The molecule has 4 nitrogen and oxygen atoms in total. The Bertz CT molecular complexity index is 823. The number of rotatable bonds is 2. The number of ether oxygens (including phenoxy) is 1. The van der Waals surface area contributed by atoms with Crippen molar-refractivity contribution < 1.29 is 4.74 Å². The van der Waals surface area contributed by atoms with Gasteiger partial charge in [-0.15, -0.1) is 0 Å². The number of aromatic nitrogens is 2. The molecule has 0 spiro atoms. The Hall–Kier alpha value is -2.37. The number of hydrogen-bond acceptors (Lipinski definition) is 5. The van der Waals surface area contributed by atoms with Crippen LogP contribution in [-0.4, -0.2) is 9.97 Å². The van der Waals surface area contributed by atoms with E-state index in [4.69, 9.17) is 10.5 Å². The number of pyridine rings is 2. The molecule has 2 aromatic heterocycles. The number of fused-ring (bicyclic) bond motifs is 2. The molecule has 0 bridgehead atoms. The molecule has 22 heavy (non-hydrogen) atoms. The first-order valence-corrected chi connectivity index (χ1v) is 7.73. The summed E-state index contributed by atoms with van der Waals surface area (Å²) in [4.78, 5) is 9.41. The van der Waals surface area contributed by atoms with E-state index in [1.807, 2.05) is 42.5 Å². The average Bonchev–Trinajstić information content (AvgIpc) is 2.59. The first kappa shape index (κ1) is 13.3. The van der Waals surface area contributed by atoms with Crippen LogP contribution in [0.3, 0.4) is 0 Å². The van der Waals surface area contributed by atoms with Crippen molar-refractivity contribution in [2.75, 3.05) is 0 Å². The molecule has 4 rings (SSSR count). The molecule has 1 aliphatic heterocycles. The molecule has 1 unspecified atom stereocenters. The van der Waals surface area contributed by atoms with E-state index in [0.717, 1.165) is 32.5 Å². The minimum absolute atomic E-state index is 0.197. The van der Waals surface area contributed by atoms with Gasteiger partial charge in [0.1, 0.15) is 10.8 Å². The molecule has 3 heterocycles. The first-order chi connectivity index (χ1) is 10.8. The lowest BCUT2D eigenvalue weighted by Gasteiger charge is -2.20. The highest BCUT2D eigenvalue weighted by molar-refractivity contribution is 7.99. The summed E-state index contributed by atoms with van der Waals surface area (Å²) in [5.41, 5.74) is 8.38. The molecule has 1 aromatic carbocycles. The summed E-state index contributed by atoms with van der Waals surface area (Å²) in [6, 6.07) is 13.5. The zero-order chi connectivity index (χ0) is 14.9. The lowest BCUT2D eigenvalue weighted by atomic mass is 10.0. The second kappa shape index (κ2) is 5.44. The molecule has 0 radical (unpaired) electrons. The molecule has 0 saturated heterocycles. The molecular formula is C17H13N3OS. The van der Waals surface area contributed by atoms with E-state index in [1.165, 1.54) is 0 Å². The Labute approximate surface area is 132 Å². The van der Waals surface area contributed by atoms with Crippen LogP contribution in [0.15, 0.2) is 71.0 Å². The predicted molar refractivity (Wildman–Crippen MR) is 85.1 cm³/mol. The Morgan fingerprint density at radius 1 is 0.955 bits per heavy atom. The second-order valence-corrected chi connectivity index (χ2v) is 6.01. The fraction of sp³-hybridized carbons (Fsp3) is 0.0588. The van der Waals surface area contributed by atoms with Crippen molar-refractivity contribution in [2.45, 2.75) is 16.0 Å². The minimum atomic E-state index is -0.197. The normalized spacial score (nSPS) is 13.7. The Morgan fingerprint density at radius 3 is 2.68 bits per heavy atom. The van der Waals surface area contributed by atoms with Gasteiger partial charge in [0, 0.05) is 18.6 Å². The third-order valence-electron chi connectivity index (χ3n) is 3.55. The maximum atomic E-state index is 6.34. The average molecular weight is 307 g/mol. The van der Waals surface area contributed by atoms with Crippen molar-refractivity contribution in [3.63, 3.8) is 0 Å². The Balaban J connectivity index is 1.69. The third-order valence-corrected chi connectivity index (χ3v) is 4.61. The SMILES string of the molecule is NC(c1ccncc1)c1ccc2c(c1)Oc1cccnc1S2. The minimum Gasteiger partial charge on any atom is -0.453 e. The maximum Gasteiger partial charge on any atom is 0.160 e. The van der Waals surface area contributed by atoms with Gasteiger partial charge in [-0.3, -0.25) is 4.98 Å². The molecule has 0 aliphatic carbocycles. The third kappa shape index (κ3) is 2.34. The van der Waals surface area contributed by atoms with Crippen LogP contribution in [0.5, 0.6) is 11.5 Å². The number of nitrogens with zero attached hydrogens (tertiary/aromatic N) is 2. The fourth-order valence-electron chi connectivity index (χ4n) is 2.40. The molecule has 2 N–H and O–H groups in total. The van der Waals surface area contributed by atoms with Gasteiger partial charge in [0.15, 0.2) is 5.75 Å². The van der Waals surface area contributed by atoms with Crippen LogP contribution in [-0.2, 0) is 0 Å². The summed E-state index contributed by atoms with van der Waals surface area (Å²) in [6.07, 6.45) is 5.28. The van der Waals surface area contributed by atoms with Crippen LogP contribution in [0, 0.1) is 0 Å². The van der Waals surface area contributed by atoms with E-state index in [-0.39, 0.29) is 6.04 Å². The van der Waals surface area contributed by atoms with Crippen molar-refractivity contribution in [1.29, 1.82) is 0 Å². The van der Waals surface area contributed by atoms with Crippen molar-refractivity contribution in [3.8, 4) is 11.5 Å². The van der Waals surface area contributed by atoms with E-state index in [9.17, 15) is 0 Å². The van der Waals surface area contributed by atoms with Crippen LogP contribution in [0.25, 0.3) is 0 Å². The van der Waals surface area contributed by atoms with Gasteiger partial charge >= 0.3 is 0 Å². The lowest BCUT2D eigenvalue weighted by Crippen LogP contribution is -2.12. The van der Waals surface area contributed by atoms with Gasteiger partial charge < -0.3 is 10.5 Å². The van der Waals surface area contributed by atoms with Crippen LogP contribution in [0.2, 0.25) is 0 Å². The zero-order valence-electron chi connectivity index (χ0n) is 11.6. The Morgan fingerprint density at radius 2 is 1.82 bits per heavy atom. The number of hydrogen-bond donors (Lipinski definition) is 1. The summed E-state index contributed by atoms with van der Waals surface area (Å²) in [5.74, 6) is 1.61. The van der Waals surface area contributed by atoms with E-state index in [1.54, 1.807) is 30.4 Å². The topological polar surface area (TPSA) is 61.0 Å². The van der Waals surface area contributed by atoms with E-state index >= 15 is 0 Å². The maximum absolute atomic E-state index is 6.34. The van der Waals surface area contributed by atoms with Crippen LogP contribution >= 0.6 is 11.8 Å². The van der Waals surface area contributed by atoms with E-state index in [0.29, 0.717) is 0 Å². The van der Waals surface area contributed by atoms with Gasteiger partial charge in [-0.2, -0.15) is 0 Å². The van der Waals surface area contributed by atoms with Crippen molar-refractivity contribution in [2.24, 2.45) is 5.73 Å². The van der Waals surface area contributed by atoms with Gasteiger partial charge in [0.25, 0.3) is 0 Å². The molecule has 1 atom stereocenters. The quantitative estimate of drug-likeness (QED) is 0.610. The molecule has 1 aliphatic rings.